The predicted octanol–water partition coefficient (Wildman–Crippen LogP) is 2.85. The first-order chi connectivity index (χ1) is 9.33. The summed E-state index contributed by atoms with van der Waals surface area (Å²) in [6, 6.07) is 0.727. The summed E-state index contributed by atoms with van der Waals surface area (Å²) in [7, 11) is 0. The molecule has 0 aromatic carbocycles. The molecule has 2 heterocycles. The number of hydrogen-bond acceptors (Lipinski definition) is 4. The summed E-state index contributed by atoms with van der Waals surface area (Å²) in [6.07, 6.45) is 8.05. The topological polar surface area (TPSA) is 41.1 Å². The summed E-state index contributed by atoms with van der Waals surface area (Å²) in [5.74, 6) is 3.13. The van der Waals surface area contributed by atoms with E-state index in [0.717, 1.165) is 37.2 Å². The first kappa shape index (κ1) is 12.7. The summed E-state index contributed by atoms with van der Waals surface area (Å²) in [6.45, 7) is 6.46. The Labute approximate surface area is 115 Å². The van der Waals surface area contributed by atoms with Crippen LogP contribution in [-0.2, 0) is 6.42 Å². The van der Waals surface area contributed by atoms with Crippen molar-refractivity contribution in [2.75, 3.05) is 23.3 Å². The molecular formula is C15H24N4. The van der Waals surface area contributed by atoms with E-state index in [1.54, 1.807) is 6.33 Å². The molecule has 4 nitrogen and oxygen atoms in total. The van der Waals surface area contributed by atoms with Gasteiger partial charge in [-0.25, -0.2) is 9.97 Å². The number of fused-ring (bicyclic) bond motifs is 2. The highest BCUT2D eigenvalue weighted by Gasteiger charge is 2.39. The second-order valence-corrected chi connectivity index (χ2v) is 5.79. The molecule has 104 valence electrons. The Kier molecular flexibility index (Phi) is 3.58. The number of nitrogens with zero attached hydrogens (tertiary/aromatic N) is 3. The van der Waals surface area contributed by atoms with Crippen LogP contribution in [0.5, 0.6) is 0 Å². The van der Waals surface area contributed by atoms with Gasteiger partial charge in [-0.2, -0.15) is 0 Å². The fourth-order valence-corrected chi connectivity index (χ4v) is 3.63. The molecule has 1 aromatic rings. The third kappa shape index (κ3) is 2.28. The summed E-state index contributed by atoms with van der Waals surface area (Å²) >= 11 is 0. The van der Waals surface area contributed by atoms with Crippen LogP contribution >= 0.6 is 0 Å². The van der Waals surface area contributed by atoms with E-state index >= 15 is 0 Å². The van der Waals surface area contributed by atoms with Gasteiger partial charge in [0, 0.05) is 24.7 Å². The molecule has 3 rings (SSSR count). The molecule has 0 radical (unpaired) electrons. The van der Waals surface area contributed by atoms with Crippen LogP contribution in [0.15, 0.2) is 6.33 Å². The van der Waals surface area contributed by atoms with Crippen LogP contribution in [0.25, 0.3) is 0 Å². The number of rotatable bonds is 5. The SMILES string of the molecule is CCCc1c(NCC)ncnc1N1CC2CCC1C2. The van der Waals surface area contributed by atoms with Crippen molar-refractivity contribution < 1.29 is 0 Å². The summed E-state index contributed by atoms with van der Waals surface area (Å²) in [5.41, 5.74) is 1.32. The number of aromatic nitrogens is 2. The Hall–Kier alpha value is -1.32. The molecule has 2 unspecified atom stereocenters. The zero-order chi connectivity index (χ0) is 13.2. The maximum absolute atomic E-state index is 4.62. The maximum atomic E-state index is 4.62. The molecule has 19 heavy (non-hydrogen) atoms. The van der Waals surface area contributed by atoms with Crippen LogP contribution < -0.4 is 10.2 Å². The molecule has 1 aliphatic heterocycles. The molecule has 2 fully saturated rings. The van der Waals surface area contributed by atoms with Crippen molar-refractivity contribution in [1.82, 2.24) is 9.97 Å². The van der Waals surface area contributed by atoms with E-state index in [1.807, 2.05) is 0 Å². The molecule has 1 saturated heterocycles. The molecule has 4 heteroatoms. The van der Waals surface area contributed by atoms with E-state index in [4.69, 9.17) is 0 Å². The van der Waals surface area contributed by atoms with Crippen molar-refractivity contribution in [3.8, 4) is 0 Å². The van der Waals surface area contributed by atoms with Gasteiger partial charge in [0.2, 0.25) is 0 Å². The molecule has 2 atom stereocenters. The lowest BCUT2D eigenvalue weighted by molar-refractivity contribution is 0.548. The molecule has 0 spiro atoms. The van der Waals surface area contributed by atoms with Crippen LogP contribution in [0.2, 0.25) is 0 Å². The number of anilines is 2. The molecule has 1 aromatic heterocycles. The molecule has 2 aliphatic rings. The van der Waals surface area contributed by atoms with Gasteiger partial charge in [-0.15, -0.1) is 0 Å². The van der Waals surface area contributed by atoms with Crippen LogP contribution in [0, 0.1) is 5.92 Å². The van der Waals surface area contributed by atoms with Crippen molar-refractivity contribution in [1.29, 1.82) is 0 Å². The van der Waals surface area contributed by atoms with Gasteiger partial charge in [-0.05, 0) is 38.5 Å². The lowest BCUT2D eigenvalue weighted by Gasteiger charge is -2.30. The molecule has 1 aliphatic carbocycles. The van der Waals surface area contributed by atoms with Crippen molar-refractivity contribution in [3.05, 3.63) is 11.9 Å². The van der Waals surface area contributed by atoms with Crippen molar-refractivity contribution in [2.24, 2.45) is 5.92 Å². The molecule has 1 N–H and O–H groups in total. The normalized spacial score (nSPS) is 25.1. The van der Waals surface area contributed by atoms with Crippen molar-refractivity contribution in [2.45, 2.75) is 52.0 Å². The Morgan fingerprint density at radius 1 is 1.32 bits per heavy atom. The van der Waals surface area contributed by atoms with Gasteiger partial charge in [0.15, 0.2) is 0 Å². The quantitative estimate of drug-likeness (QED) is 0.884. The van der Waals surface area contributed by atoms with E-state index in [9.17, 15) is 0 Å². The van der Waals surface area contributed by atoms with E-state index in [-0.39, 0.29) is 0 Å². The summed E-state index contributed by atoms with van der Waals surface area (Å²) in [5, 5.41) is 3.39. The smallest absolute Gasteiger partial charge is 0.137 e. The minimum atomic E-state index is 0.727. The highest BCUT2D eigenvalue weighted by atomic mass is 15.3. The summed E-state index contributed by atoms with van der Waals surface area (Å²) in [4.78, 5) is 11.6. The minimum Gasteiger partial charge on any atom is -0.370 e. The zero-order valence-corrected chi connectivity index (χ0v) is 12.0. The Morgan fingerprint density at radius 2 is 2.21 bits per heavy atom. The number of hydrogen-bond donors (Lipinski definition) is 1. The van der Waals surface area contributed by atoms with Gasteiger partial charge >= 0.3 is 0 Å². The van der Waals surface area contributed by atoms with E-state index in [0.29, 0.717) is 0 Å². The standard InChI is InChI=1S/C15H24N4/c1-3-5-13-14(16-4-2)17-10-18-15(13)19-9-11-6-7-12(19)8-11/h10-12H,3-9H2,1-2H3,(H,16,17,18). The largest absolute Gasteiger partial charge is 0.370 e. The maximum Gasteiger partial charge on any atom is 0.137 e. The van der Waals surface area contributed by atoms with E-state index < -0.39 is 0 Å². The van der Waals surface area contributed by atoms with Gasteiger partial charge < -0.3 is 10.2 Å². The lowest BCUT2D eigenvalue weighted by atomic mass is 10.1. The third-order valence-corrected chi connectivity index (χ3v) is 4.45. The molecular weight excluding hydrogens is 236 g/mol. The van der Waals surface area contributed by atoms with Gasteiger partial charge in [-0.1, -0.05) is 13.3 Å². The van der Waals surface area contributed by atoms with Crippen LogP contribution in [0.3, 0.4) is 0 Å². The number of piperidine rings is 1. The number of nitrogens with one attached hydrogen (secondary N) is 1. The minimum absolute atomic E-state index is 0.727. The monoisotopic (exact) mass is 260 g/mol. The Morgan fingerprint density at radius 3 is 2.84 bits per heavy atom. The highest BCUT2D eigenvalue weighted by Crippen LogP contribution is 2.41. The van der Waals surface area contributed by atoms with Gasteiger partial charge in [0.25, 0.3) is 0 Å². The molecule has 2 bridgehead atoms. The second kappa shape index (κ2) is 5.35. The third-order valence-electron chi connectivity index (χ3n) is 4.45. The van der Waals surface area contributed by atoms with E-state index in [2.05, 4.69) is 34.0 Å². The van der Waals surface area contributed by atoms with Crippen LogP contribution in [-0.4, -0.2) is 29.1 Å². The Balaban J connectivity index is 1.93. The highest BCUT2D eigenvalue weighted by molar-refractivity contribution is 5.60. The fourth-order valence-electron chi connectivity index (χ4n) is 3.63. The average molecular weight is 260 g/mol. The fraction of sp³-hybridized carbons (Fsp3) is 0.733. The summed E-state index contributed by atoms with van der Waals surface area (Å²) < 4.78 is 0. The molecule has 1 saturated carbocycles. The lowest BCUT2D eigenvalue weighted by Crippen LogP contribution is -2.33. The van der Waals surface area contributed by atoms with Crippen LogP contribution in [0.1, 0.15) is 45.1 Å². The van der Waals surface area contributed by atoms with Gasteiger partial charge in [0.05, 0.1) is 0 Å². The Bertz CT molecular complexity index is 446. The second-order valence-electron chi connectivity index (χ2n) is 5.79. The average Bonchev–Trinajstić information content (AvgIpc) is 3.03. The first-order valence-corrected chi connectivity index (χ1v) is 7.67. The van der Waals surface area contributed by atoms with Gasteiger partial charge in [-0.3, -0.25) is 0 Å². The van der Waals surface area contributed by atoms with Crippen molar-refractivity contribution >= 4 is 11.6 Å². The zero-order valence-electron chi connectivity index (χ0n) is 12.0. The van der Waals surface area contributed by atoms with E-state index in [1.165, 1.54) is 37.2 Å². The first-order valence-electron chi connectivity index (χ1n) is 7.67. The molecule has 0 amide bonds. The van der Waals surface area contributed by atoms with Crippen molar-refractivity contribution in [3.63, 3.8) is 0 Å². The van der Waals surface area contributed by atoms with Crippen LogP contribution in [0.4, 0.5) is 11.6 Å². The predicted molar refractivity (Wildman–Crippen MR) is 78.7 cm³/mol. The van der Waals surface area contributed by atoms with Gasteiger partial charge in [0.1, 0.15) is 18.0 Å².